The van der Waals surface area contributed by atoms with E-state index in [9.17, 15) is 0 Å². The topological polar surface area (TPSA) is 24.8 Å². The Labute approximate surface area is 182 Å². The third-order valence-corrected chi connectivity index (χ3v) is 5.48. The minimum Gasteiger partial charge on any atom is -0.472 e. The molecule has 1 heterocycles. The molecule has 1 aliphatic rings. The number of allylic oxidation sites excluding steroid dienone is 3. The summed E-state index contributed by atoms with van der Waals surface area (Å²) >= 11 is 3.66. The molecule has 0 amide bonds. The molecule has 3 rings (SSSR count). The zero-order valence-corrected chi connectivity index (χ0v) is 18.8. The van der Waals surface area contributed by atoms with Crippen LogP contribution in [-0.4, -0.2) is 30.9 Å². The van der Waals surface area contributed by atoms with Gasteiger partial charge < -0.3 is 9.64 Å². The first-order chi connectivity index (χ1) is 14.1. The van der Waals surface area contributed by atoms with Gasteiger partial charge in [0.25, 0.3) is 0 Å². The Balaban J connectivity index is 1.75. The third kappa shape index (κ3) is 5.70. The molecule has 0 saturated carbocycles. The number of aliphatic imine (C=N–C) groups is 1. The summed E-state index contributed by atoms with van der Waals surface area (Å²) in [6.45, 7) is 6.30. The van der Waals surface area contributed by atoms with E-state index >= 15 is 0 Å². The molecule has 0 spiro atoms. The minimum absolute atomic E-state index is 0.468. The maximum absolute atomic E-state index is 6.14. The van der Waals surface area contributed by atoms with Crippen LogP contribution in [0.15, 0.2) is 93.6 Å². The number of benzene rings is 2. The van der Waals surface area contributed by atoms with E-state index in [0.29, 0.717) is 19.0 Å². The summed E-state index contributed by atoms with van der Waals surface area (Å²) in [4.78, 5) is 6.82. The van der Waals surface area contributed by atoms with Gasteiger partial charge >= 0.3 is 0 Å². The molecule has 0 radical (unpaired) electrons. The maximum Gasteiger partial charge on any atom is 0.223 e. The fourth-order valence-electron chi connectivity index (χ4n) is 2.99. The molecule has 2 aromatic rings. The van der Waals surface area contributed by atoms with Crippen molar-refractivity contribution in [3.63, 3.8) is 0 Å². The van der Waals surface area contributed by atoms with E-state index in [4.69, 9.17) is 4.74 Å². The van der Waals surface area contributed by atoms with Crippen LogP contribution in [-0.2, 0) is 11.3 Å². The molecule has 0 N–H and O–H groups in total. The number of hydrogen-bond donors (Lipinski definition) is 0. The van der Waals surface area contributed by atoms with Crippen molar-refractivity contribution in [3.8, 4) is 11.1 Å². The Bertz CT molecular complexity index is 958. The molecule has 2 aromatic carbocycles. The molecule has 29 heavy (non-hydrogen) atoms. The summed E-state index contributed by atoms with van der Waals surface area (Å²) < 4.78 is 7.01. The molecule has 4 heteroatoms. The highest BCUT2D eigenvalue weighted by atomic mass is 79.9. The average Bonchev–Trinajstić information content (AvgIpc) is 2.89. The first-order valence-electron chi connectivity index (χ1n) is 9.84. The van der Waals surface area contributed by atoms with Crippen LogP contribution >= 0.6 is 15.9 Å². The van der Waals surface area contributed by atoms with Crippen molar-refractivity contribution in [1.82, 2.24) is 4.90 Å². The fourth-order valence-corrected chi connectivity index (χ4v) is 3.47. The number of ether oxygens (including phenoxy) is 1. The molecule has 0 bridgehead atoms. The molecular formula is C25H27BrN2O. The second kappa shape index (κ2) is 10.3. The van der Waals surface area contributed by atoms with Crippen LogP contribution in [0.3, 0.4) is 0 Å². The summed E-state index contributed by atoms with van der Waals surface area (Å²) in [5, 5.41) is 0. The summed E-state index contributed by atoms with van der Waals surface area (Å²) in [5.41, 5.74) is 5.88. The quantitative estimate of drug-likeness (QED) is 0.512. The van der Waals surface area contributed by atoms with E-state index in [0.717, 1.165) is 22.2 Å². The molecule has 1 aliphatic heterocycles. The number of halogens is 1. The van der Waals surface area contributed by atoms with Gasteiger partial charge in [0, 0.05) is 13.6 Å². The Morgan fingerprint density at radius 1 is 1.10 bits per heavy atom. The van der Waals surface area contributed by atoms with Crippen LogP contribution in [0.2, 0.25) is 0 Å². The summed E-state index contributed by atoms with van der Waals surface area (Å²) in [6.07, 6.45) is 6.31. The van der Waals surface area contributed by atoms with Crippen molar-refractivity contribution in [2.24, 2.45) is 4.99 Å². The molecule has 0 aromatic heterocycles. The maximum atomic E-state index is 6.14. The predicted molar refractivity (Wildman–Crippen MR) is 126 cm³/mol. The van der Waals surface area contributed by atoms with Crippen molar-refractivity contribution in [3.05, 3.63) is 94.1 Å². The lowest BCUT2D eigenvalue weighted by Gasteiger charge is -2.12. The van der Waals surface area contributed by atoms with E-state index in [1.807, 2.05) is 12.1 Å². The highest BCUT2D eigenvalue weighted by Crippen LogP contribution is 2.26. The van der Waals surface area contributed by atoms with Gasteiger partial charge in [-0.05, 0) is 76.0 Å². The zero-order chi connectivity index (χ0) is 20.6. The predicted octanol–water partition coefficient (Wildman–Crippen LogP) is 6.34. The molecule has 3 nitrogen and oxygen atoms in total. The minimum atomic E-state index is 0.468. The number of rotatable bonds is 6. The van der Waals surface area contributed by atoms with Crippen molar-refractivity contribution in [1.29, 1.82) is 0 Å². The average molecular weight is 451 g/mol. The van der Waals surface area contributed by atoms with E-state index in [1.165, 1.54) is 16.7 Å². The van der Waals surface area contributed by atoms with E-state index in [1.54, 1.807) is 0 Å². The van der Waals surface area contributed by atoms with Crippen molar-refractivity contribution in [2.75, 3.05) is 20.1 Å². The van der Waals surface area contributed by atoms with Crippen LogP contribution in [0.25, 0.3) is 11.1 Å². The lowest BCUT2D eigenvalue weighted by molar-refractivity contribution is 0.294. The molecule has 150 valence electrons. The molecular weight excluding hydrogens is 424 g/mol. The molecule has 0 unspecified atom stereocenters. The standard InChI is InChI=1S/C25H27BrN2O/c1-4-28(3)15-14-21-16-24(26)25(27-17-19(21)2)29-18-22-12-8-9-13-23(22)20-10-6-5-7-11-20/h5-16H,4,17-18H2,1-3H3. The lowest BCUT2D eigenvalue weighted by Crippen LogP contribution is -2.08. The Hall–Kier alpha value is -2.59. The van der Waals surface area contributed by atoms with Crippen molar-refractivity contribution >= 4 is 21.8 Å². The smallest absolute Gasteiger partial charge is 0.223 e. The molecule has 0 fully saturated rings. The second-order valence-corrected chi connectivity index (χ2v) is 7.90. The van der Waals surface area contributed by atoms with Crippen LogP contribution in [0.1, 0.15) is 19.4 Å². The summed E-state index contributed by atoms with van der Waals surface area (Å²) in [5.74, 6) is 0.638. The van der Waals surface area contributed by atoms with Gasteiger partial charge in [0.15, 0.2) is 0 Å². The second-order valence-electron chi connectivity index (χ2n) is 7.05. The largest absolute Gasteiger partial charge is 0.472 e. The van der Waals surface area contributed by atoms with Crippen molar-refractivity contribution in [2.45, 2.75) is 20.5 Å². The van der Waals surface area contributed by atoms with Gasteiger partial charge in [0.2, 0.25) is 5.90 Å². The fraction of sp³-hybridized carbons (Fsp3) is 0.240. The van der Waals surface area contributed by atoms with Crippen LogP contribution in [0, 0.1) is 0 Å². The van der Waals surface area contributed by atoms with Crippen LogP contribution in [0.4, 0.5) is 0 Å². The SMILES string of the molecule is CCN(C)C=CC1=C(C)CN=C(OCc2ccccc2-c2ccccc2)C(Br)=C1. The van der Waals surface area contributed by atoms with E-state index < -0.39 is 0 Å². The van der Waals surface area contributed by atoms with Gasteiger partial charge in [-0.3, -0.25) is 0 Å². The Morgan fingerprint density at radius 2 is 1.83 bits per heavy atom. The van der Waals surface area contributed by atoms with Crippen LogP contribution < -0.4 is 0 Å². The van der Waals surface area contributed by atoms with E-state index in [2.05, 4.69) is 108 Å². The first kappa shape index (κ1) is 21.1. The van der Waals surface area contributed by atoms with Gasteiger partial charge in [-0.2, -0.15) is 0 Å². The van der Waals surface area contributed by atoms with Gasteiger partial charge in [-0.1, -0.05) is 54.6 Å². The number of hydrogen-bond acceptors (Lipinski definition) is 3. The lowest BCUT2D eigenvalue weighted by atomic mass is 10.0. The van der Waals surface area contributed by atoms with Gasteiger partial charge in [-0.15, -0.1) is 0 Å². The molecule has 0 aliphatic carbocycles. The first-order valence-corrected chi connectivity index (χ1v) is 10.6. The zero-order valence-electron chi connectivity index (χ0n) is 17.2. The van der Waals surface area contributed by atoms with Crippen molar-refractivity contribution < 1.29 is 4.74 Å². The van der Waals surface area contributed by atoms with Gasteiger partial charge in [-0.25, -0.2) is 4.99 Å². The summed E-state index contributed by atoms with van der Waals surface area (Å²) in [6, 6.07) is 18.7. The summed E-state index contributed by atoms with van der Waals surface area (Å²) in [7, 11) is 2.07. The van der Waals surface area contributed by atoms with Crippen LogP contribution in [0.5, 0.6) is 0 Å². The highest BCUT2D eigenvalue weighted by molar-refractivity contribution is 9.12. The molecule has 0 atom stereocenters. The third-order valence-electron chi connectivity index (χ3n) is 4.91. The normalized spacial score (nSPS) is 14.5. The molecule has 0 saturated heterocycles. The highest BCUT2D eigenvalue weighted by Gasteiger charge is 2.13. The Kier molecular flexibility index (Phi) is 7.48. The van der Waals surface area contributed by atoms with E-state index in [-0.39, 0.29) is 0 Å². The van der Waals surface area contributed by atoms with Gasteiger partial charge in [0.1, 0.15) is 6.61 Å². The number of nitrogens with zero attached hydrogens (tertiary/aromatic N) is 2. The monoisotopic (exact) mass is 450 g/mol. The van der Waals surface area contributed by atoms with Gasteiger partial charge in [0.05, 0.1) is 11.0 Å². The Morgan fingerprint density at radius 3 is 2.59 bits per heavy atom.